The molecule has 2 rings (SSSR count). The van der Waals surface area contributed by atoms with Gasteiger partial charge in [0, 0.05) is 17.6 Å². The number of carbonyl (C=O) groups excluding carboxylic acids is 1. The Morgan fingerprint density at radius 3 is 2.60 bits per heavy atom. The molecule has 1 aromatic carbocycles. The highest BCUT2D eigenvalue weighted by molar-refractivity contribution is 9.10. The first-order chi connectivity index (χ1) is 9.45. The van der Waals surface area contributed by atoms with Crippen LogP contribution in [0, 0.1) is 5.92 Å². The third-order valence-electron chi connectivity index (χ3n) is 4.32. The summed E-state index contributed by atoms with van der Waals surface area (Å²) in [5.74, 6) is 0.791. The summed E-state index contributed by atoms with van der Waals surface area (Å²) >= 11 is 3.48. The van der Waals surface area contributed by atoms with Crippen molar-refractivity contribution in [3.05, 3.63) is 34.3 Å². The largest absolute Gasteiger partial charge is 0.342 e. The van der Waals surface area contributed by atoms with Crippen LogP contribution >= 0.6 is 15.9 Å². The number of hydrogen-bond acceptors (Lipinski definition) is 2. The quantitative estimate of drug-likeness (QED) is 0.920. The molecule has 4 heteroatoms. The molecule has 0 saturated carbocycles. The number of piperidine rings is 1. The maximum absolute atomic E-state index is 12.8. The van der Waals surface area contributed by atoms with E-state index in [0.717, 1.165) is 42.5 Å². The third-order valence-corrected chi connectivity index (χ3v) is 4.81. The van der Waals surface area contributed by atoms with Crippen molar-refractivity contribution in [2.45, 2.75) is 32.1 Å². The normalized spacial score (nSPS) is 17.3. The van der Waals surface area contributed by atoms with Crippen molar-refractivity contribution >= 4 is 21.8 Å². The highest BCUT2D eigenvalue weighted by Gasteiger charge is 2.35. The lowest BCUT2D eigenvalue weighted by atomic mass is 9.82. The first-order valence-electron chi connectivity index (χ1n) is 7.20. The van der Waals surface area contributed by atoms with Crippen LogP contribution in [-0.2, 0) is 10.2 Å². The van der Waals surface area contributed by atoms with E-state index in [1.807, 2.05) is 43.0 Å². The molecule has 0 radical (unpaired) electrons. The zero-order valence-corrected chi connectivity index (χ0v) is 13.8. The van der Waals surface area contributed by atoms with Crippen molar-refractivity contribution in [3.63, 3.8) is 0 Å². The van der Waals surface area contributed by atoms with Gasteiger partial charge in [0.1, 0.15) is 0 Å². The summed E-state index contributed by atoms with van der Waals surface area (Å²) in [6.07, 6.45) is 2.05. The van der Waals surface area contributed by atoms with Crippen LogP contribution in [0.15, 0.2) is 28.7 Å². The van der Waals surface area contributed by atoms with Crippen LogP contribution < -0.4 is 5.73 Å². The van der Waals surface area contributed by atoms with E-state index in [1.54, 1.807) is 0 Å². The molecule has 0 unspecified atom stereocenters. The molecule has 3 nitrogen and oxygen atoms in total. The van der Waals surface area contributed by atoms with Crippen LogP contribution in [-0.4, -0.2) is 30.4 Å². The number of likely N-dealkylation sites (tertiary alicyclic amines) is 1. The fraction of sp³-hybridized carbons (Fsp3) is 0.562. The third kappa shape index (κ3) is 3.23. The number of nitrogens with two attached hydrogens (primary N) is 1. The van der Waals surface area contributed by atoms with Gasteiger partial charge >= 0.3 is 0 Å². The van der Waals surface area contributed by atoms with Crippen LogP contribution in [0.1, 0.15) is 32.3 Å². The predicted octanol–water partition coefficient (Wildman–Crippen LogP) is 2.92. The van der Waals surface area contributed by atoms with Crippen LogP contribution in [0.3, 0.4) is 0 Å². The van der Waals surface area contributed by atoms with E-state index in [4.69, 9.17) is 5.73 Å². The standard InChI is InChI=1S/C16H23BrN2O/c1-16(2,13-4-3-5-14(17)10-13)15(20)19-8-6-12(11-18)7-9-19/h3-5,10,12H,6-9,11,18H2,1-2H3. The second-order valence-electron chi connectivity index (χ2n) is 6.11. The van der Waals surface area contributed by atoms with Crippen LogP contribution in [0.25, 0.3) is 0 Å². The molecule has 1 amide bonds. The monoisotopic (exact) mass is 338 g/mol. The lowest BCUT2D eigenvalue weighted by molar-refractivity contribution is -0.137. The maximum Gasteiger partial charge on any atom is 0.232 e. The zero-order valence-electron chi connectivity index (χ0n) is 12.2. The Morgan fingerprint density at radius 1 is 1.40 bits per heavy atom. The van der Waals surface area contributed by atoms with E-state index in [0.29, 0.717) is 5.92 Å². The molecule has 1 fully saturated rings. The molecule has 0 aliphatic carbocycles. The van der Waals surface area contributed by atoms with E-state index in [9.17, 15) is 4.79 Å². The van der Waals surface area contributed by atoms with Gasteiger partial charge in [0.15, 0.2) is 0 Å². The molecule has 110 valence electrons. The number of nitrogens with zero attached hydrogens (tertiary/aromatic N) is 1. The molecule has 0 aromatic heterocycles. The lowest BCUT2D eigenvalue weighted by Gasteiger charge is -2.37. The van der Waals surface area contributed by atoms with Gasteiger partial charge < -0.3 is 10.6 Å². The highest BCUT2D eigenvalue weighted by atomic mass is 79.9. The summed E-state index contributed by atoms with van der Waals surface area (Å²) in [7, 11) is 0. The molecule has 0 spiro atoms. The fourth-order valence-electron chi connectivity index (χ4n) is 2.77. The molecule has 0 atom stereocenters. The molecule has 1 aliphatic heterocycles. The van der Waals surface area contributed by atoms with E-state index < -0.39 is 5.41 Å². The SMILES string of the molecule is CC(C)(C(=O)N1CCC(CN)CC1)c1cccc(Br)c1. The second kappa shape index (κ2) is 6.27. The Labute approximate surface area is 129 Å². The number of carbonyl (C=O) groups is 1. The van der Waals surface area contributed by atoms with Gasteiger partial charge in [-0.05, 0) is 56.8 Å². The molecule has 20 heavy (non-hydrogen) atoms. The smallest absolute Gasteiger partial charge is 0.232 e. The van der Waals surface area contributed by atoms with Crippen molar-refractivity contribution in [2.75, 3.05) is 19.6 Å². The molecule has 0 bridgehead atoms. The van der Waals surface area contributed by atoms with Gasteiger partial charge in [0.05, 0.1) is 5.41 Å². The Morgan fingerprint density at radius 2 is 2.05 bits per heavy atom. The summed E-state index contributed by atoms with van der Waals surface area (Å²) in [6.45, 7) is 6.41. The van der Waals surface area contributed by atoms with Gasteiger partial charge in [-0.15, -0.1) is 0 Å². The molecule has 1 saturated heterocycles. The molecule has 1 heterocycles. The van der Waals surface area contributed by atoms with Gasteiger partial charge in [-0.1, -0.05) is 28.1 Å². The predicted molar refractivity (Wildman–Crippen MR) is 85.5 cm³/mol. The average Bonchev–Trinajstić information content (AvgIpc) is 2.46. The number of rotatable bonds is 3. The Bertz CT molecular complexity index is 479. The molecule has 1 aromatic rings. The van der Waals surface area contributed by atoms with E-state index in [-0.39, 0.29) is 5.91 Å². The van der Waals surface area contributed by atoms with Gasteiger partial charge in [0.25, 0.3) is 0 Å². The fourth-order valence-corrected chi connectivity index (χ4v) is 3.17. The first kappa shape index (κ1) is 15.5. The second-order valence-corrected chi connectivity index (χ2v) is 7.02. The average molecular weight is 339 g/mol. The van der Waals surface area contributed by atoms with E-state index in [2.05, 4.69) is 15.9 Å². The summed E-state index contributed by atoms with van der Waals surface area (Å²) in [4.78, 5) is 14.8. The summed E-state index contributed by atoms with van der Waals surface area (Å²) < 4.78 is 1.01. The minimum absolute atomic E-state index is 0.214. The van der Waals surface area contributed by atoms with Crippen molar-refractivity contribution < 1.29 is 4.79 Å². The molecule has 2 N–H and O–H groups in total. The van der Waals surface area contributed by atoms with Gasteiger partial charge in [-0.2, -0.15) is 0 Å². The number of halogens is 1. The van der Waals surface area contributed by atoms with Crippen molar-refractivity contribution in [1.29, 1.82) is 0 Å². The van der Waals surface area contributed by atoms with Crippen LogP contribution in [0.4, 0.5) is 0 Å². The Kier molecular flexibility index (Phi) is 4.86. The summed E-state index contributed by atoms with van der Waals surface area (Å²) in [5.41, 5.74) is 6.28. The molecular weight excluding hydrogens is 316 g/mol. The van der Waals surface area contributed by atoms with E-state index in [1.165, 1.54) is 0 Å². The van der Waals surface area contributed by atoms with Crippen molar-refractivity contribution in [1.82, 2.24) is 4.90 Å². The summed E-state index contributed by atoms with van der Waals surface area (Å²) in [5, 5.41) is 0. The van der Waals surface area contributed by atoms with Crippen LogP contribution in [0.2, 0.25) is 0 Å². The van der Waals surface area contributed by atoms with Crippen molar-refractivity contribution in [3.8, 4) is 0 Å². The highest BCUT2D eigenvalue weighted by Crippen LogP contribution is 2.29. The number of amides is 1. The first-order valence-corrected chi connectivity index (χ1v) is 8.00. The van der Waals surface area contributed by atoms with Gasteiger partial charge in [-0.3, -0.25) is 4.79 Å². The summed E-state index contributed by atoms with van der Waals surface area (Å²) in [6, 6.07) is 8.02. The lowest BCUT2D eigenvalue weighted by Crippen LogP contribution is -2.47. The Hall–Kier alpha value is -0.870. The minimum atomic E-state index is -0.487. The van der Waals surface area contributed by atoms with Gasteiger partial charge in [0.2, 0.25) is 5.91 Å². The van der Waals surface area contributed by atoms with Crippen molar-refractivity contribution in [2.24, 2.45) is 11.7 Å². The Balaban J connectivity index is 2.11. The number of benzene rings is 1. The maximum atomic E-state index is 12.8. The topological polar surface area (TPSA) is 46.3 Å². The zero-order chi connectivity index (χ0) is 14.8. The van der Waals surface area contributed by atoms with Gasteiger partial charge in [-0.25, -0.2) is 0 Å². The minimum Gasteiger partial charge on any atom is -0.342 e. The van der Waals surface area contributed by atoms with Crippen LogP contribution in [0.5, 0.6) is 0 Å². The van der Waals surface area contributed by atoms with E-state index >= 15 is 0 Å². The molecule has 1 aliphatic rings. The number of hydrogen-bond donors (Lipinski definition) is 1. The molecular formula is C16H23BrN2O.